The van der Waals surface area contributed by atoms with E-state index in [2.05, 4.69) is 18.4 Å². The van der Waals surface area contributed by atoms with Crippen LogP contribution >= 0.6 is 0 Å². The van der Waals surface area contributed by atoms with Gasteiger partial charge in [-0.3, -0.25) is 14.4 Å². The van der Waals surface area contributed by atoms with E-state index in [9.17, 15) is 19.2 Å². The molecule has 0 aliphatic heterocycles. The van der Waals surface area contributed by atoms with Gasteiger partial charge in [0.1, 0.15) is 5.60 Å². The molecule has 186 valence electrons. The van der Waals surface area contributed by atoms with E-state index in [0.29, 0.717) is 6.04 Å². The second kappa shape index (κ2) is 11.0. The van der Waals surface area contributed by atoms with E-state index >= 15 is 0 Å². The number of rotatable bonds is 6. The quantitative estimate of drug-likeness (QED) is 0.372. The zero-order valence-corrected chi connectivity index (χ0v) is 21.9. The van der Waals surface area contributed by atoms with Crippen LogP contribution in [0, 0.1) is 5.92 Å². The molecular weight excluding hydrogens is 454 g/mol. The number of amides is 1. The molecule has 0 aromatic heterocycles. The fourth-order valence-corrected chi connectivity index (χ4v) is 6.91. The molecule has 2 rings (SSSR count). The second-order valence-electron chi connectivity index (χ2n) is 10.1. The van der Waals surface area contributed by atoms with Crippen molar-refractivity contribution in [3.05, 3.63) is 42.5 Å². The minimum atomic E-state index is -2.18. The SMILES string of the molecule is CC(=O)O[C@@H]1[C@H](OC(C)=O)[C@@H](NC(=O)OC(C)(C)C)C=CC(=O)[C@H]1C[Si](C)(C)c1ccccc1. The first-order valence-electron chi connectivity index (χ1n) is 11.3. The molecule has 4 atom stereocenters. The minimum absolute atomic E-state index is 0.256. The molecule has 0 radical (unpaired) electrons. The number of carbonyl (C=O) groups is 4. The third kappa shape index (κ3) is 7.83. The Morgan fingerprint density at radius 1 is 0.971 bits per heavy atom. The van der Waals surface area contributed by atoms with E-state index in [1.54, 1.807) is 20.8 Å². The molecule has 0 bridgehead atoms. The van der Waals surface area contributed by atoms with Gasteiger partial charge in [0.05, 0.1) is 20.0 Å². The second-order valence-corrected chi connectivity index (χ2v) is 14.9. The van der Waals surface area contributed by atoms with Gasteiger partial charge in [-0.05, 0) is 32.9 Å². The number of ketones is 1. The number of alkyl carbamates (subject to hydrolysis) is 1. The highest BCUT2D eigenvalue weighted by Gasteiger charge is 2.46. The van der Waals surface area contributed by atoms with E-state index in [0.717, 1.165) is 5.19 Å². The highest BCUT2D eigenvalue weighted by atomic mass is 28.3. The maximum absolute atomic E-state index is 13.3. The standard InChI is InChI=1S/C25H35NO7Si/c1-16(27)31-22-19(15-34(6,7)18-11-9-8-10-12-18)21(29)14-13-20(23(22)32-17(2)28)26-24(30)33-25(3,4)5/h8-14,19-20,22-23H,15H2,1-7H3,(H,26,30)/t19-,20+,22+,23-/m1/s1. The van der Waals surface area contributed by atoms with Gasteiger partial charge in [-0.25, -0.2) is 4.79 Å². The number of carbonyl (C=O) groups excluding carboxylic acids is 4. The number of nitrogens with one attached hydrogen (secondary N) is 1. The lowest BCUT2D eigenvalue weighted by Crippen LogP contribution is -2.55. The summed E-state index contributed by atoms with van der Waals surface area (Å²) < 4.78 is 16.5. The van der Waals surface area contributed by atoms with Gasteiger partial charge in [0.2, 0.25) is 0 Å². The molecule has 1 aliphatic rings. The fraction of sp³-hybridized carbons (Fsp3) is 0.520. The van der Waals surface area contributed by atoms with Crippen LogP contribution in [0.25, 0.3) is 0 Å². The lowest BCUT2D eigenvalue weighted by molar-refractivity contribution is -0.171. The number of esters is 2. The summed E-state index contributed by atoms with van der Waals surface area (Å²) in [6.07, 6.45) is -0.109. The third-order valence-electron chi connectivity index (χ3n) is 5.48. The molecule has 34 heavy (non-hydrogen) atoms. The first-order chi connectivity index (χ1) is 15.7. The van der Waals surface area contributed by atoms with Crippen LogP contribution in [-0.4, -0.2) is 55.7 Å². The Bertz CT molecular complexity index is 936. The van der Waals surface area contributed by atoms with E-state index in [1.165, 1.54) is 26.0 Å². The van der Waals surface area contributed by atoms with Crippen LogP contribution in [-0.2, 0) is 28.6 Å². The van der Waals surface area contributed by atoms with Crippen molar-refractivity contribution in [1.29, 1.82) is 0 Å². The van der Waals surface area contributed by atoms with Gasteiger partial charge in [0.25, 0.3) is 0 Å². The van der Waals surface area contributed by atoms with Gasteiger partial charge in [-0.2, -0.15) is 0 Å². The molecule has 1 N–H and O–H groups in total. The van der Waals surface area contributed by atoms with Crippen LogP contribution in [0.3, 0.4) is 0 Å². The summed E-state index contributed by atoms with van der Waals surface area (Å²) in [5.74, 6) is -2.25. The molecule has 0 unspecified atom stereocenters. The molecule has 1 aliphatic carbocycles. The minimum Gasteiger partial charge on any atom is -0.458 e. The molecule has 9 heteroatoms. The van der Waals surface area contributed by atoms with Crippen molar-refractivity contribution in [1.82, 2.24) is 5.32 Å². The molecule has 1 aromatic rings. The first kappa shape index (κ1) is 27.3. The summed E-state index contributed by atoms with van der Waals surface area (Å²) in [6, 6.07) is 9.41. The highest BCUT2D eigenvalue weighted by Crippen LogP contribution is 2.30. The smallest absolute Gasteiger partial charge is 0.408 e. The van der Waals surface area contributed by atoms with Crippen molar-refractivity contribution < 1.29 is 33.4 Å². The lowest BCUT2D eigenvalue weighted by atomic mass is 9.94. The van der Waals surface area contributed by atoms with Gasteiger partial charge in [0, 0.05) is 13.8 Å². The molecule has 8 nitrogen and oxygen atoms in total. The van der Waals surface area contributed by atoms with Gasteiger partial charge >= 0.3 is 18.0 Å². The number of hydrogen-bond acceptors (Lipinski definition) is 7. The Morgan fingerprint density at radius 2 is 1.53 bits per heavy atom. The largest absolute Gasteiger partial charge is 0.458 e. The van der Waals surface area contributed by atoms with Crippen molar-refractivity contribution in [3.63, 3.8) is 0 Å². The van der Waals surface area contributed by atoms with Gasteiger partial charge in [0.15, 0.2) is 18.0 Å². The average molecular weight is 490 g/mol. The van der Waals surface area contributed by atoms with Gasteiger partial charge < -0.3 is 19.5 Å². The Morgan fingerprint density at radius 3 is 2.06 bits per heavy atom. The monoisotopic (exact) mass is 489 g/mol. The summed E-state index contributed by atoms with van der Waals surface area (Å²) in [5.41, 5.74) is -0.756. The van der Waals surface area contributed by atoms with Crippen molar-refractivity contribution in [2.24, 2.45) is 5.92 Å². The van der Waals surface area contributed by atoms with Crippen LogP contribution in [0.4, 0.5) is 4.79 Å². The van der Waals surface area contributed by atoms with E-state index < -0.39 is 55.9 Å². The Hall–Kier alpha value is -2.94. The topological polar surface area (TPSA) is 108 Å². The summed E-state index contributed by atoms with van der Waals surface area (Å²) in [4.78, 5) is 49.8. The maximum atomic E-state index is 13.3. The molecule has 0 saturated carbocycles. The summed E-state index contributed by atoms with van der Waals surface area (Å²) in [5, 5.41) is 3.80. The third-order valence-corrected chi connectivity index (χ3v) is 8.84. The zero-order valence-electron chi connectivity index (χ0n) is 20.9. The van der Waals surface area contributed by atoms with E-state index in [-0.39, 0.29) is 5.78 Å². The van der Waals surface area contributed by atoms with Crippen LogP contribution in [0.5, 0.6) is 0 Å². The lowest BCUT2D eigenvalue weighted by Gasteiger charge is -2.36. The Labute approximate surface area is 202 Å². The molecular formula is C25H35NO7Si. The van der Waals surface area contributed by atoms with E-state index in [4.69, 9.17) is 14.2 Å². The number of hydrogen-bond donors (Lipinski definition) is 1. The van der Waals surface area contributed by atoms with Crippen LogP contribution < -0.4 is 10.5 Å². The Balaban J connectivity index is 2.46. The maximum Gasteiger partial charge on any atom is 0.408 e. The predicted octanol–water partition coefficient (Wildman–Crippen LogP) is 3.11. The first-order valence-corrected chi connectivity index (χ1v) is 14.5. The normalized spacial score (nSPS) is 23.0. The highest BCUT2D eigenvalue weighted by molar-refractivity contribution is 6.90. The van der Waals surface area contributed by atoms with E-state index in [1.807, 2.05) is 30.3 Å². The van der Waals surface area contributed by atoms with Crippen molar-refractivity contribution in [3.8, 4) is 0 Å². The molecule has 0 fully saturated rings. The Kier molecular flexibility index (Phi) is 8.82. The van der Waals surface area contributed by atoms with Crippen LogP contribution in [0.15, 0.2) is 42.5 Å². The summed E-state index contributed by atoms with van der Waals surface area (Å²) in [7, 11) is -2.18. The predicted molar refractivity (Wildman–Crippen MR) is 130 cm³/mol. The molecule has 0 heterocycles. The average Bonchev–Trinajstić information content (AvgIpc) is 2.80. The van der Waals surface area contributed by atoms with Gasteiger partial charge in [-0.15, -0.1) is 0 Å². The molecule has 1 amide bonds. The van der Waals surface area contributed by atoms with Crippen molar-refractivity contribution in [2.75, 3.05) is 0 Å². The molecule has 0 saturated heterocycles. The number of allylic oxidation sites excluding steroid dienone is 1. The number of benzene rings is 1. The number of ether oxygens (including phenoxy) is 3. The zero-order chi connectivity index (χ0) is 25.7. The van der Waals surface area contributed by atoms with Crippen LogP contribution in [0.2, 0.25) is 19.1 Å². The van der Waals surface area contributed by atoms with Gasteiger partial charge in [-0.1, -0.05) is 54.7 Å². The summed E-state index contributed by atoms with van der Waals surface area (Å²) >= 11 is 0. The fourth-order valence-electron chi connectivity index (χ4n) is 4.05. The summed E-state index contributed by atoms with van der Waals surface area (Å²) in [6.45, 7) is 11.9. The van der Waals surface area contributed by atoms with Crippen molar-refractivity contribution in [2.45, 2.75) is 77.6 Å². The van der Waals surface area contributed by atoms with Crippen molar-refractivity contribution >= 4 is 37.1 Å². The molecule has 1 aromatic carbocycles. The van der Waals surface area contributed by atoms with Crippen LogP contribution in [0.1, 0.15) is 34.6 Å². The molecule has 0 spiro atoms.